The molecule has 3 rings (SSSR count). The second-order valence-electron chi connectivity index (χ2n) is 5.41. The lowest BCUT2D eigenvalue weighted by molar-refractivity contribution is -0.145. The lowest BCUT2D eigenvalue weighted by Gasteiger charge is -2.23. The number of thioether (sulfide) groups is 1. The standard InChI is InChI=1S/C18H13ClN2O3S/c19-13-4-5-15-14(7-13)21-18(23)16(25-15)8-17(22)24-10-12-3-1-2-11(6-12)9-20/h1-7,16H,8,10H2,(H,21,23). The van der Waals surface area contributed by atoms with E-state index in [-0.39, 0.29) is 18.9 Å². The van der Waals surface area contributed by atoms with E-state index in [9.17, 15) is 9.59 Å². The number of amides is 1. The Morgan fingerprint density at radius 2 is 2.16 bits per heavy atom. The quantitative estimate of drug-likeness (QED) is 0.826. The predicted octanol–water partition coefficient (Wildman–Crippen LogP) is 3.76. The molecule has 1 N–H and O–H groups in total. The van der Waals surface area contributed by atoms with Gasteiger partial charge >= 0.3 is 5.97 Å². The highest BCUT2D eigenvalue weighted by Gasteiger charge is 2.29. The largest absolute Gasteiger partial charge is 0.461 e. The Balaban J connectivity index is 1.58. The van der Waals surface area contributed by atoms with Gasteiger partial charge in [-0.15, -0.1) is 11.8 Å². The number of halogens is 1. The van der Waals surface area contributed by atoms with Crippen molar-refractivity contribution >= 4 is 40.9 Å². The molecule has 0 saturated carbocycles. The third-order valence-corrected chi connectivity index (χ3v) is 5.08. The number of nitrogens with zero attached hydrogens (tertiary/aromatic N) is 1. The van der Waals surface area contributed by atoms with Crippen LogP contribution < -0.4 is 5.32 Å². The summed E-state index contributed by atoms with van der Waals surface area (Å²) in [5, 5.41) is 11.6. The summed E-state index contributed by atoms with van der Waals surface area (Å²) in [5.74, 6) is -0.712. The van der Waals surface area contributed by atoms with Crippen molar-refractivity contribution in [2.24, 2.45) is 0 Å². The van der Waals surface area contributed by atoms with Gasteiger partial charge in [-0.05, 0) is 35.9 Å². The average molecular weight is 373 g/mol. The van der Waals surface area contributed by atoms with Crippen LogP contribution in [-0.4, -0.2) is 17.1 Å². The molecule has 2 aromatic rings. The monoisotopic (exact) mass is 372 g/mol. The van der Waals surface area contributed by atoms with Gasteiger partial charge in [0.1, 0.15) is 6.61 Å². The van der Waals surface area contributed by atoms with E-state index in [0.29, 0.717) is 16.3 Å². The number of nitrogens with one attached hydrogen (secondary N) is 1. The summed E-state index contributed by atoms with van der Waals surface area (Å²) in [7, 11) is 0. The molecule has 0 aliphatic carbocycles. The fourth-order valence-corrected chi connectivity index (χ4v) is 3.61. The van der Waals surface area contributed by atoms with Crippen LogP contribution in [0.1, 0.15) is 17.5 Å². The molecule has 1 amide bonds. The predicted molar refractivity (Wildman–Crippen MR) is 95.3 cm³/mol. The third-order valence-electron chi connectivity index (χ3n) is 3.57. The highest BCUT2D eigenvalue weighted by atomic mass is 35.5. The number of rotatable bonds is 4. The first-order valence-electron chi connectivity index (χ1n) is 7.47. The van der Waals surface area contributed by atoms with Crippen molar-refractivity contribution in [2.45, 2.75) is 23.2 Å². The number of fused-ring (bicyclic) bond motifs is 1. The molecule has 1 unspecified atom stereocenters. The molecule has 2 aromatic carbocycles. The molecular formula is C18H13ClN2O3S. The first-order valence-corrected chi connectivity index (χ1v) is 8.72. The van der Waals surface area contributed by atoms with Crippen molar-refractivity contribution in [3.63, 3.8) is 0 Å². The van der Waals surface area contributed by atoms with Crippen LogP contribution in [0.4, 0.5) is 5.69 Å². The van der Waals surface area contributed by atoms with E-state index < -0.39 is 11.2 Å². The van der Waals surface area contributed by atoms with Crippen LogP contribution in [0, 0.1) is 11.3 Å². The maximum atomic E-state index is 12.1. The van der Waals surface area contributed by atoms with Gasteiger partial charge in [0, 0.05) is 9.92 Å². The third kappa shape index (κ3) is 4.32. The van der Waals surface area contributed by atoms with Crippen molar-refractivity contribution in [2.75, 3.05) is 5.32 Å². The molecule has 5 nitrogen and oxygen atoms in total. The Hall–Kier alpha value is -2.49. The van der Waals surface area contributed by atoms with Crippen molar-refractivity contribution in [1.82, 2.24) is 0 Å². The van der Waals surface area contributed by atoms with Gasteiger partial charge in [0.25, 0.3) is 0 Å². The summed E-state index contributed by atoms with van der Waals surface area (Å²) in [5.41, 5.74) is 1.89. The van der Waals surface area contributed by atoms with Gasteiger partial charge in [-0.25, -0.2) is 0 Å². The second-order valence-corrected chi connectivity index (χ2v) is 7.09. The molecule has 1 atom stereocenters. The molecule has 0 radical (unpaired) electrons. The number of nitriles is 1. The summed E-state index contributed by atoms with van der Waals surface area (Å²) < 4.78 is 5.22. The van der Waals surface area contributed by atoms with E-state index in [1.165, 1.54) is 11.8 Å². The van der Waals surface area contributed by atoms with E-state index >= 15 is 0 Å². The van der Waals surface area contributed by atoms with Gasteiger partial charge in [0.15, 0.2) is 0 Å². The van der Waals surface area contributed by atoms with Crippen LogP contribution in [0.15, 0.2) is 47.4 Å². The SMILES string of the molecule is N#Cc1cccc(COC(=O)CC2Sc3ccc(Cl)cc3NC2=O)c1. The molecular weight excluding hydrogens is 360 g/mol. The minimum Gasteiger partial charge on any atom is -0.461 e. The zero-order chi connectivity index (χ0) is 17.8. The lowest BCUT2D eigenvalue weighted by Crippen LogP contribution is -2.31. The highest BCUT2D eigenvalue weighted by Crippen LogP contribution is 2.38. The van der Waals surface area contributed by atoms with Gasteiger partial charge in [0.2, 0.25) is 5.91 Å². The maximum Gasteiger partial charge on any atom is 0.307 e. The van der Waals surface area contributed by atoms with Crippen LogP contribution in [0.3, 0.4) is 0 Å². The van der Waals surface area contributed by atoms with E-state index in [0.717, 1.165) is 10.5 Å². The molecule has 0 fully saturated rings. The number of benzene rings is 2. The number of hydrogen-bond donors (Lipinski definition) is 1. The summed E-state index contributed by atoms with van der Waals surface area (Å²) in [6, 6.07) is 14.1. The number of carbonyl (C=O) groups is 2. The fraction of sp³-hybridized carbons (Fsp3) is 0.167. The van der Waals surface area contributed by atoms with Crippen LogP contribution >= 0.6 is 23.4 Å². The minimum atomic E-state index is -0.549. The van der Waals surface area contributed by atoms with Gasteiger partial charge in [0.05, 0.1) is 29.0 Å². The number of ether oxygens (including phenoxy) is 1. The molecule has 7 heteroatoms. The molecule has 1 aliphatic heterocycles. The topological polar surface area (TPSA) is 79.2 Å². The minimum absolute atomic E-state index is 0.0312. The number of anilines is 1. The van der Waals surface area contributed by atoms with Crippen molar-refractivity contribution < 1.29 is 14.3 Å². The Labute approximate surface area is 153 Å². The second kappa shape index (κ2) is 7.60. The number of hydrogen-bond acceptors (Lipinski definition) is 5. The van der Waals surface area contributed by atoms with Crippen LogP contribution in [0.5, 0.6) is 0 Å². The zero-order valence-electron chi connectivity index (χ0n) is 13.0. The molecule has 126 valence electrons. The van der Waals surface area contributed by atoms with E-state index in [1.54, 1.807) is 36.4 Å². The summed E-state index contributed by atoms with van der Waals surface area (Å²) in [6.07, 6.45) is -0.0312. The summed E-state index contributed by atoms with van der Waals surface area (Å²) >= 11 is 7.23. The molecule has 0 bridgehead atoms. The lowest BCUT2D eigenvalue weighted by atomic mass is 10.1. The van der Waals surface area contributed by atoms with Crippen molar-refractivity contribution in [3.8, 4) is 6.07 Å². The number of carbonyl (C=O) groups excluding carboxylic acids is 2. The van der Waals surface area contributed by atoms with Crippen molar-refractivity contribution in [3.05, 3.63) is 58.6 Å². The molecule has 1 heterocycles. The summed E-state index contributed by atoms with van der Waals surface area (Å²) in [6.45, 7) is 0.0690. The van der Waals surface area contributed by atoms with Gasteiger partial charge < -0.3 is 10.1 Å². The first kappa shape index (κ1) is 17.3. The van der Waals surface area contributed by atoms with E-state index in [4.69, 9.17) is 21.6 Å². The average Bonchev–Trinajstić information content (AvgIpc) is 2.61. The maximum absolute atomic E-state index is 12.1. The number of esters is 1. The Bertz CT molecular complexity index is 879. The van der Waals surface area contributed by atoms with Crippen LogP contribution in [-0.2, 0) is 20.9 Å². The van der Waals surface area contributed by atoms with E-state index in [2.05, 4.69) is 5.32 Å². The van der Waals surface area contributed by atoms with Gasteiger partial charge in [-0.2, -0.15) is 5.26 Å². The van der Waals surface area contributed by atoms with Gasteiger partial charge in [-0.1, -0.05) is 23.7 Å². The summed E-state index contributed by atoms with van der Waals surface area (Å²) in [4.78, 5) is 25.1. The van der Waals surface area contributed by atoms with E-state index in [1.807, 2.05) is 12.1 Å². The Morgan fingerprint density at radius 3 is 2.96 bits per heavy atom. The van der Waals surface area contributed by atoms with Crippen molar-refractivity contribution in [1.29, 1.82) is 5.26 Å². The molecule has 0 saturated heterocycles. The smallest absolute Gasteiger partial charge is 0.307 e. The molecule has 1 aliphatic rings. The zero-order valence-corrected chi connectivity index (χ0v) is 14.6. The van der Waals surface area contributed by atoms with Crippen LogP contribution in [0.2, 0.25) is 5.02 Å². The fourth-order valence-electron chi connectivity index (χ4n) is 2.36. The molecule has 0 spiro atoms. The first-order chi connectivity index (χ1) is 12.0. The molecule has 0 aromatic heterocycles. The highest BCUT2D eigenvalue weighted by molar-refractivity contribution is 8.01. The Kier molecular flexibility index (Phi) is 5.27. The Morgan fingerprint density at radius 1 is 1.32 bits per heavy atom. The van der Waals surface area contributed by atoms with Gasteiger partial charge in [-0.3, -0.25) is 9.59 Å². The molecule has 25 heavy (non-hydrogen) atoms. The van der Waals surface area contributed by atoms with Crippen LogP contribution in [0.25, 0.3) is 0 Å². The normalized spacial score (nSPS) is 15.7.